The van der Waals surface area contributed by atoms with Crippen LogP contribution in [0.3, 0.4) is 0 Å². The van der Waals surface area contributed by atoms with E-state index in [0.29, 0.717) is 56.2 Å². The van der Waals surface area contributed by atoms with Gasteiger partial charge in [0.2, 0.25) is 0 Å². The molecule has 0 atom stereocenters. The molecule has 0 saturated carbocycles. The lowest BCUT2D eigenvalue weighted by Crippen LogP contribution is -2.40. The average Bonchev–Trinajstić information content (AvgIpc) is 3.26. The van der Waals surface area contributed by atoms with Crippen molar-refractivity contribution in [2.24, 2.45) is 12.8 Å². The van der Waals surface area contributed by atoms with Gasteiger partial charge in [0.25, 0.3) is 5.56 Å². The van der Waals surface area contributed by atoms with Crippen LogP contribution in [-0.4, -0.2) is 73.3 Å². The van der Waals surface area contributed by atoms with Crippen LogP contribution < -0.4 is 17.0 Å². The number of carbonyl (C=O) groups is 1. The van der Waals surface area contributed by atoms with E-state index in [-0.39, 0.29) is 24.3 Å². The van der Waals surface area contributed by atoms with E-state index in [4.69, 9.17) is 21.0 Å². The molecule has 4 rings (SSSR count). The first-order valence-electron chi connectivity index (χ1n) is 11.9. The van der Waals surface area contributed by atoms with E-state index in [1.165, 1.54) is 4.57 Å². The fraction of sp³-hybridized carbons (Fsp3) is 0.458. The lowest BCUT2D eigenvalue weighted by Gasteiger charge is -2.27. The van der Waals surface area contributed by atoms with E-state index in [0.717, 1.165) is 23.2 Å². The molecule has 12 heteroatoms. The molecule has 1 saturated heterocycles. The molecule has 2 aromatic heterocycles. The third kappa shape index (κ3) is 5.24. The Labute approximate surface area is 207 Å². The molecule has 0 amide bonds. The molecule has 4 N–H and O–H groups in total. The summed E-state index contributed by atoms with van der Waals surface area (Å²) in [6.45, 7) is 4.26. The second kappa shape index (κ2) is 10.9. The second-order valence-electron chi connectivity index (χ2n) is 8.85. The predicted molar refractivity (Wildman–Crippen MR) is 134 cm³/mol. The number of aryl methyl sites for hydroxylation is 1. The van der Waals surface area contributed by atoms with Gasteiger partial charge in [0.1, 0.15) is 17.3 Å². The highest BCUT2D eigenvalue weighted by molar-refractivity contribution is 5.95. The first kappa shape index (κ1) is 25.3. The maximum absolute atomic E-state index is 13.4. The van der Waals surface area contributed by atoms with Crippen LogP contribution in [0.4, 0.5) is 0 Å². The minimum absolute atomic E-state index is 0.0200. The molecule has 0 spiro atoms. The van der Waals surface area contributed by atoms with Crippen molar-refractivity contribution in [3.8, 4) is 11.4 Å². The topological polar surface area (TPSA) is 161 Å². The van der Waals surface area contributed by atoms with E-state index in [2.05, 4.69) is 9.88 Å². The summed E-state index contributed by atoms with van der Waals surface area (Å²) < 4.78 is 9.90. The third-order valence-corrected chi connectivity index (χ3v) is 6.44. The van der Waals surface area contributed by atoms with Crippen molar-refractivity contribution >= 4 is 23.0 Å². The van der Waals surface area contributed by atoms with Gasteiger partial charge in [-0.25, -0.2) is 9.78 Å². The van der Waals surface area contributed by atoms with Gasteiger partial charge in [-0.2, -0.15) is 0 Å². The summed E-state index contributed by atoms with van der Waals surface area (Å²) in [6, 6.07) is 7.05. The minimum atomic E-state index is -0.912. The number of rotatable bonds is 10. The van der Waals surface area contributed by atoms with Crippen LogP contribution in [0.5, 0.6) is 0 Å². The first-order chi connectivity index (χ1) is 17.3. The number of benzene rings is 1. The van der Waals surface area contributed by atoms with Gasteiger partial charge in [0.05, 0.1) is 13.2 Å². The molecule has 0 radical (unpaired) electrons. The summed E-state index contributed by atoms with van der Waals surface area (Å²) in [5.41, 5.74) is 6.57. The van der Waals surface area contributed by atoms with E-state index >= 15 is 0 Å². The Hall–Kier alpha value is -3.77. The van der Waals surface area contributed by atoms with E-state index in [1.54, 1.807) is 31.3 Å². The molecule has 1 fully saturated rings. The highest BCUT2D eigenvalue weighted by Gasteiger charge is 2.22. The van der Waals surface area contributed by atoms with Gasteiger partial charge in [-0.1, -0.05) is 24.3 Å². The first-order valence-corrected chi connectivity index (χ1v) is 11.9. The van der Waals surface area contributed by atoms with Crippen molar-refractivity contribution in [3.05, 3.63) is 50.7 Å². The molecule has 1 aliphatic heterocycles. The fourth-order valence-corrected chi connectivity index (χ4v) is 4.45. The second-order valence-corrected chi connectivity index (χ2v) is 8.85. The van der Waals surface area contributed by atoms with E-state index in [9.17, 15) is 14.4 Å². The summed E-state index contributed by atoms with van der Waals surface area (Å²) in [7, 11) is 1.62. The molecule has 3 aromatic rings. The number of amidine groups is 1. The van der Waals surface area contributed by atoms with Gasteiger partial charge < -0.3 is 20.1 Å². The van der Waals surface area contributed by atoms with Gasteiger partial charge in [0, 0.05) is 57.3 Å². The number of nitrogens with one attached hydrogen (secondary N) is 1. The Kier molecular flexibility index (Phi) is 7.65. The van der Waals surface area contributed by atoms with Gasteiger partial charge in [-0.05, 0) is 12.8 Å². The standard InChI is InChI=1S/C24H31N7O5/c1-28-22-19(23(34)31(24(28)35)9-3-2-4-18(32)33)27-21(17-7-5-16(6-8-17)20(25)26)30(22)11-10-29-12-14-36-15-13-29/h5-8H,2-4,9-15H2,1H3,(H3,25,26)(H,32,33). The molecule has 192 valence electrons. The number of nitrogens with two attached hydrogens (primary N) is 1. The van der Waals surface area contributed by atoms with Crippen molar-refractivity contribution in [1.29, 1.82) is 5.41 Å². The highest BCUT2D eigenvalue weighted by Crippen LogP contribution is 2.23. The Balaban J connectivity index is 1.78. The summed E-state index contributed by atoms with van der Waals surface area (Å²) in [5, 5.41) is 16.5. The van der Waals surface area contributed by atoms with Crippen LogP contribution >= 0.6 is 0 Å². The summed E-state index contributed by atoms with van der Waals surface area (Å²) in [5.74, 6) is -0.412. The summed E-state index contributed by atoms with van der Waals surface area (Å²) in [4.78, 5) is 44.3. The SMILES string of the molecule is Cn1c(=O)n(CCCCC(=O)O)c(=O)c2nc(-c3ccc(C(=N)N)cc3)n(CCN3CCOCC3)c21. The fourth-order valence-electron chi connectivity index (χ4n) is 4.45. The molecule has 1 aromatic carbocycles. The molecular formula is C24H31N7O5. The zero-order valence-corrected chi connectivity index (χ0v) is 20.3. The normalized spacial score (nSPS) is 14.4. The van der Waals surface area contributed by atoms with Crippen molar-refractivity contribution in [1.82, 2.24) is 23.6 Å². The zero-order chi connectivity index (χ0) is 25.8. The monoisotopic (exact) mass is 497 g/mol. The number of nitrogens with zero attached hydrogens (tertiary/aromatic N) is 5. The molecule has 36 heavy (non-hydrogen) atoms. The molecule has 3 heterocycles. The molecule has 0 bridgehead atoms. The van der Waals surface area contributed by atoms with Crippen molar-refractivity contribution in [2.45, 2.75) is 32.4 Å². The maximum atomic E-state index is 13.4. The van der Waals surface area contributed by atoms with Crippen molar-refractivity contribution in [2.75, 3.05) is 32.8 Å². The van der Waals surface area contributed by atoms with Crippen LogP contribution in [-0.2, 0) is 29.7 Å². The lowest BCUT2D eigenvalue weighted by atomic mass is 10.1. The quantitative estimate of drug-likeness (QED) is 0.206. The van der Waals surface area contributed by atoms with Crippen molar-refractivity contribution in [3.63, 3.8) is 0 Å². The lowest BCUT2D eigenvalue weighted by molar-refractivity contribution is -0.137. The molecular weight excluding hydrogens is 466 g/mol. The van der Waals surface area contributed by atoms with Crippen LogP contribution in [0.25, 0.3) is 22.6 Å². The van der Waals surface area contributed by atoms with Gasteiger partial charge >= 0.3 is 11.7 Å². The van der Waals surface area contributed by atoms with E-state index < -0.39 is 17.2 Å². The number of imidazole rings is 1. The number of ether oxygens (including phenoxy) is 1. The largest absolute Gasteiger partial charge is 0.481 e. The molecule has 12 nitrogen and oxygen atoms in total. The molecule has 1 aliphatic rings. The maximum Gasteiger partial charge on any atom is 0.332 e. The van der Waals surface area contributed by atoms with Gasteiger partial charge in [0.15, 0.2) is 5.52 Å². The average molecular weight is 498 g/mol. The Morgan fingerprint density at radius 1 is 1.08 bits per heavy atom. The Bertz CT molecular complexity index is 1380. The number of morpholine rings is 1. The predicted octanol–water partition coefficient (Wildman–Crippen LogP) is 0.435. The number of hydrogen-bond acceptors (Lipinski definition) is 7. The van der Waals surface area contributed by atoms with Gasteiger partial charge in [-0.3, -0.25) is 29.0 Å². The Morgan fingerprint density at radius 3 is 2.42 bits per heavy atom. The summed E-state index contributed by atoms with van der Waals surface area (Å²) in [6.07, 6.45) is 0.739. The van der Waals surface area contributed by atoms with E-state index in [1.807, 2.05) is 4.57 Å². The molecule has 0 aliphatic carbocycles. The highest BCUT2D eigenvalue weighted by atomic mass is 16.5. The van der Waals surface area contributed by atoms with Crippen LogP contribution in [0, 0.1) is 5.41 Å². The smallest absolute Gasteiger partial charge is 0.332 e. The van der Waals surface area contributed by atoms with Gasteiger partial charge in [-0.15, -0.1) is 0 Å². The van der Waals surface area contributed by atoms with Crippen LogP contribution in [0.15, 0.2) is 33.9 Å². The summed E-state index contributed by atoms with van der Waals surface area (Å²) >= 11 is 0. The molecule has 0 unspecified atom stereocenters. The van der Waals surface area contributed by atoms with Crippen molar-refractivity contribution < 1.29 is 14.6 Å². The number of unbranched alkanes of at least 4 members (excludes halogenated alkanes) is 1. The number of carboxylic acid groups (broad SMARTS) is 1. The number of fused-ring (bicyclic) bond motifs is 1. The number of nitrogen functional groups attached to an aromatic ring is 1. The number of aliphatic carboxylic acids is 1. The van der Waals surface area contributed by atoms with Crippen LogP contribution in [0.2, 0.25) is 0 Å². The Morgan fingerprint density at radius 2 is 1.78 bits per heavy atom. The minimum Gasteiger partial charge on any atom is -0.481 e. The van der Waals surface area contributed by atoms with Crippen LogP contribution in [0.1, 0.15) is 24.8 Å². The number of carboxylic acids is 1. The number of aromatic nitrogens is 4. The third-order valence-electron chi connectivity index (χ3n) is 6.44. The zero-order valence-electron chi connectivity index (χ0n) is 20.3. The number of hydrogen-bond donors (Lipinski definition) is 3.